The highest BCUT2D eigenvalue weighted by molar-refractivity contribution is 8.07. The standard InChI is InChI=1S/C19H38N4O10P2S2/c20-9-16(26)22-5-1-18(11-24,2-6-22)13-30-34(28,36)32-15-33-35(29,37)31-14-19(12-25)3-7-23(8-4-19)17(27)10-21/h24-25H,1-15,20-21H2,(H,28,36)(H,29,37). The summed E-state index contributed by atoms with van der Waals surface area (Å²) in [6.45, 7) is -7.63. The number of nitrogens with two attached hydrogens (primary N) is 2. The van der Waals surface area contributed by atoms with Crippen molar-refractivity contribution in [3.05, 3.63) is 0 Å². The monoisotopic (exact) mass is 608 g/mol. The maximum absolute atomic E-state index is 11.8. The van der Waals surface area contributed by atoms with Crippen LogP contribution in [0.5, 0.6) is 0 Å². The van der Waals surface area contributed by atoms with Crippen molar-refractivity contribution in [3.63, 3.8) is 0 Å². The van der Waals surface area contributed by atoms with Crippen LogP contribution in [0.4, 0.5) is 0 Å². The number of aliphatic hydroxyl groups is 2. The Hall–Kier alpha value is -0.160. The third kappa shape index (κ3) is 10.1. The number of hydrogen-bond acceptors (Lipinski definition) is 12. The van der Waals surface area contributed by atoms with E-state index in [1.54, 1.807) is 9.80 Å². The number of nitrogens with zero attached hydrogens (tertiary/aromatic N) is 2. The fourth-order valence-corrected chi connectivity index (χ4v) is 6.14. The number of aliphatic hydroxyl groups excluding tert-OH is 2. The lowest BCUT2D eigenvalue weighted by atomic mass is 9.80. The number of piperidine rings is 2. The molecule has 14 nitrogen and oxygen atoms in total. The van der Waals surface area contributed by atoms with Crippen molar-refractivity contribution in [1.29, 1.82) is 0 Å². The summed E-state index contributed by atoms with van der Waals surface area (Å²) in [6.07, 6.45) is 1.71. The summed E-state index contributed by atoms with van der Waals surface area (Å²) in [4.78, 5) is 47.4. The van der Waals surface area contributed by atoms with Crippen LogP contribution in [-0.2, 0) is 51.3 Å². The number of rotatable bonds is 14. The van der Waals surface area contributed by atoms with Crippen molar-refractivity contribution in [2.24, 2.45) is 22.3 Å². The fraction of sp³-hybridized carbons (Fsp3) is 0.895. The maximum atomic E-state index is 11.8. The summed E-state index contributed by atoms with van der Waals surface area (Å²) in [7, 11) is 0. The first-order valence-corrected chi connectivity index (χ1v) is 16.9. The molecule has 0 bridgehead atoms. The molecule has 2 amide bonds. The highest BCUT2D eigenvalue weighted by atomic mass is 32.5. The molecule has 0 spiro atoms. The average Bonchev–Trinajstić information content (AvgIpc) is 2.90. The molecule has 8 N–H and O–H groups in total. The van der Waals surface area contributed by atoms with E-state index in [-0.39, 0.29) is 51.3 Å². The first kappa shape index (κ1) is 33.0. The number of amides is 2. The second-order valence-electron chi connectivity index (χ2n) is 9.35. The van der Waals surface area contributed by atoms with Gasteiger partial charge in [0.2, 0.25) is 11.8 Å². The van der Waals surface area contributed by atoms with Gasteiger partial charge in [0.25, 0.3) is 0 Å². The van der Waals surface area contributed by atoms with E-state index in [0.717, 1.165) is 0 Å². The molecule has 0 radical (unpaired) electrons. The summed E-state index contributed by atoms with van der Waals surface area (Å²) in [6, 6.07) is 0. The highest BCUT2D eigenvalue weighted by Crippen LogP contribution is 2.50. The molecule has 2 unspecified atom stereocenters. The van der Waals surface area contributed by atoms with E-state index in [1.807, 2.05) is 0 Å². The van der Waals surface area contributed by atoms with Gasteiger partial charge in [-0.3, -0.25) is 18.6 Å². The van der Waals surface area contributed by atoms with Crippen molar-refractivity contribution < 1.29 is 47.7 Å². The van der Waals surface area contributed by atoms with Gasteiger partial charge in [-0.2, -0.15) is 0 Å². The SMILES string of the molecule is NCC(=O)N1CCC(CO)(COP(O)(=S)OCOP(O)(=S)OCC2(CO)CCN(C(=O)CN)CC2)CC1. The molecule has 0 aliphatic carbocycles. The molecule has 2 rings (SSSR count). The predicted molar refractivity (Wildman–Crippen MR) is 141 cm³/mol. The smallest absolute Gasteiger partial charge is 0.326 e. The second kappa shape index (κ2) is 14.5. The van der Waals surface area contributed by atoms with Crippen LogP contribution in [-0.4, -0.2) is 114 Å². The van der Waals surface area contributed by atoms with E-state index in [4.69, 9.17) is 53.2 Å². The molecule has 0 aromatic carbocycles. The molecule has 2 fully saturated rings. The van der Waals surface area contributed by atoms with Crippen molar-refractivity contribution >= 4 is 48.9 Å². The summed E-state index contributed by atoms with van der Waals surface area (Å²) in [5.74, 6) is -0.363. The highest BCUT2D eigenvalue weighted by Gasteiger charge is 2.39. The largest absolute Gasteiger partial charge is 0.396 e. The van der Waals surface area contributed by atoms with Crippen LogP contribution in [0.2, 0.25) is 0 Å². The van der Waals surface area contributed by atoms with Gasteiger partial charge >= 0.3 is 13.4 Å². The van der Waals surface area contributed by atoms with Gasteiger partial charge in [-0.05, 0) is 49.3 Å². The summed E-state index contributed by atoms with van der Waals surface area (Å²) < 4.78 is 21.0. The van der Waals surface area contributed by atoms with Gasteiger partial charge in [0.1, 0.15) is 0 Å². The number of carbonyl (C=O) groups is 2. The zero-order chi connectivity index (χ0) is 27.7. The Balaban J connectivity index is 1.78. The van der Waals surface area contributed by atoms with Gasteiger partial charge in [0, 0.05) is 37.0 Å². The minimum atomic E-state index is -3.81. The third-order valence-corrected chi connectivity index (χ3v) is 9.91. The minimum Gasteiger partial charge on any atom is -0.396 e. The Labute approximate surface area is 226 Å². The molecule has 2 aliphatic heterocycles. The van der Waals surface area contributed by atoms with Crippen LogP contribution in [0, 0.1) is 10.8 Å². The first-order valence-electron chi connectivity index (χ1n) is 11.8. The molecular formula is C19H38N4O10P2S2. The lowest BCUT2D eigenvalue weighted by Gasteiger charge is -2.41. The molecule has 37 heavy (non-hydrogen) atoms. The topological polar surface area (TPSA) is 210 Å². The van der Waals surface area contributed by atoms with Gasteiger partial charge in [0.15, 0.2) is 6.79 Å². The summed E-state index contributed by atoms with van der Waals surface area (Å²) in [5.41, 5.74) is 9.36. The van der Waals surface area contributed by atoms with E-state index < -0.39 is 31.1 Å². The maximum Gasteiger partial charge on any atom is 0.326 e. The van der Waals surface area contributed by atoms with E-state index in [9.17, 15) is 29.6 Å². The summed E-state index contributed by atoms with van der Waals surface area (Å²) in [5, 5.41) is 19.8. The molecule has 2 atom stereocenters. The molecular weight excluding hydrogens is 570 g/mol. The predicted octanol–water partition coefficient (Wildman–Crippen LogP) is -1.44. The van der Waals surface area contributed by atoms with Crippen LogP contribution < -0.4 is 11.5 Å². The molecule has 2 saturated heterocycles. The van der Waals surface area contributed by atoms with E-state index >= 15 is 0 Å². The van der Waals surface area contributed by atoms with Gasteiger partial charge in [0.05, 0.1) is 39.5 Å². The van der Waals surface area contributed by atoms with Crippen LogP contribution >= 0.6 is 13.4 Å². The fourth-order valence-electron chi connectivity index (χ4n) is 4.08. The van der Waals surface area contributed by atoms with Crippen LogP contribution in [0.1, 0.15) is 25.7 Å². The number of hydrogen-bond donors (Lipinski definition) is 6. The summed E-state index contributed by atoms with van der Waals surface area (Å²) >= 11 is 9.98. The molecule has 0 saturated carbocycles. The van der Waals surface area contributed by atoms with Gasteiger partial charge in [-0.25, -0.2) is 0 Å². The number of carbonyl (C=O) groups excluding carboxylic acids is 2. The van der Waals surface area contributed by atoms with E-state index in [2.05, 4.69) is 0 Å². The zero-order valence-electron chi connectivity index (χ0n) is 20.6. The Kier molecular flexibility index (Phi) is 12.9. The minimum absolute atomic E-state index is 0.0924. The lowest BCUT2D eigenvalue weighted by Crippen LogP contribution is -2.48. The molecule has 216 valence electrons. The molecule has 0 aromatic rings. The average molecular weight is 609 g/mol. The van der Waals surface area contributed by atoms with Crippen molar-refractivity contribution in [2.75, 3.05) is 72.5 Å². The first-order chi connectivity index (χ1) is 17.3. The quantitative estimate of drug-likeness (QED) is 0.0986. The molecule has 0 aromatic heterocycles. The zero-order valence-corrected chi connectivity index (χ0v) is 24.0. The second-order valence-corrected chi connectivity index (χ2v) is 15.0. The van der Waals surface area contributed by atoms with Crippen molar-refractivity contribution in [2.45, 2.75) is 25.7 Å². The van der Waals surface area contributed by atoms with Crippen LogP contribution in [0.25, 0.3) is 0 Å². The molecule has 18 heteroatoms. The Morgan fingerprint density at radius 3 is 1.32 bits per heavy atom. The van der Waals surface area contributed by atoms with Crippen LogP contribution in [0.15, 0.2) is 0 Å². The van der Waals surface area contributed by atoms with Gasteiger partial charge in [-0.15, -0.1) is 0 Å². The lowest BCUT2D eigenvalue weighted by molar-refractivity contribution is -0.133. The molecule has 2 aliphatic rings. The number of likely N-dealkylation sites (tertiary alicyclic amines) is 2. The Bertz CT molecular complexity index is 802. The normalized spacial score (nSPS) is 22.8. The van der Waals surface area contributed by atoms with Crippen LogP contribution in [0.3, 0.4) is 0 Å². The van der Waals surface area contributed by atoms with E-state index in [0.29, 0.717) is 51.9 Å². The molecule has 2 heterocycles. The van der Waals surface area contributed by atoms with Gasteiger partial charge in [-0.1, -0.05) is 0 Å². The van der Waals surface area contributed by atoms with Crippen molar-refractivity contribution in [1.82, 2.24) is 9.80 Å². The van der Waals surface area contributed by atoms with Gasteiger partial charge < -0.3 is 50.3 Å². The Morgan fingerprint density at radius 2 is 1.05 bits per heavy atom. The Morgan fingerprint density at radius 1 is 0.730 bits per heavy atom. The third-order valence-electron chi connectivity index (χ3n) is 6.87. The van der Waals surface area contributed by atoms with E-state index in [1.165, 1.54) is 0 Å². The van der Waals surface area contributed by atoms with Crippen molar-refractivity contribution in [3.8, 4) is 0 Å².